The van der Waals surface area contributed by atoms with E-state index in [2.05, 4.69) is 48.2 Å². The van der Waals surface area contributed by atoms with Gasteiger partial charge in [-0.25, -0.2) is 4.79 Å². The van der Waals surface area contributed by atoms with Crippen molar-refractivity contribution < 1.29 is 9.53 Å². The van der Waals surface area contributed by atoms with Crippen LogP contribution in [-0.2, 0) is 4.74 Å². The molecule has 1 amide bonds. The van der Waals surface area contributed by atoms with Crippen molar-refractivity contribution >= 4 is 29.9 Å². The van der Waals surface area contributed by atoms with Crippen molar-refractivity contribution in [1.82, 2.24) is 4.57 Å². The molecule has 0 aromatic heterocycles. The summed E-state index contributed by atoms with van der Waals surface area (Å²) in [5, 5.41) is 3.28. The number of rotatable bonds is 5. The van der Waals surface area contributed by atoms with Crippen LogP contribution in [0.5, 0.6) is 0 Å². The molecule has 0 bridgehead atoms. The van der Waals surface area contributed by atoms with Gasteiger partial charge in [-0.05, 0) is 48.5 Å². The molecule has 0 fully saturated rings. The quantitative estimate of drug-likeness (QED) is 0.226. The maximum atomic E-state index is 14.0. The Labute approximate surface area is 215 Å². The number of amides is 1. The van der Waals surface area contributed by atoms with Crippen LogP contribution in [0.25, 0.3) is 0 Å². The predicted octanol–water partition coefficient (Wildman–Crippen LogP) is 4.94. The number of nitrogens with zero attached hydrogens (tertiary/aromatic N) is 1. The monoisotopic (exact) mass is 489 g/mol. The normalized spacial score (nSPS) is 11.2. The Kier molecular flexibility index (Phi) is 7.73. The minimum Gasteiger partial charge on any atom is -0.444 e. The number of hydrogen-bond donors (Lipinski definition) is 0. The smallest absolute Gasteiger partial charge is 0.403 e. The van der Waals surface area contributed by atoms with E-state index in [0.29, 0.717) is 0 Å². The van der Waals surface area contributed by atoms with Crippen LogP contribution in [0.3, 0.4) is 0 Å². The summed E-state index contributed by atoms with van der Waals surface area (Å²) in [6.45, 7) is 5.93. The summed E-state index contributed by atoms with van der Waals surface area (Å²) < 4.78 is 7.92. The average molecular weight is 490 g/mol. The van der Waals surface area contributed by atoms with Crippen LogP contribution >= 0.6 is 0 Å². The first-order valence-corrected chi connectivity index (χ1v) is 14.1. The molecule has 0 N–H and O–H groups in total. The first-order valence-electron chi connectivity index (χ1n) is 12.1. The second-order valence-electron chi connectivity index (χ2n) is 9.54. The predicted molar refractivity (Wildman–Crippen MR) is 150 cm³/mol. The maximum Gasteiger partial charge on any atom is 0.403 e. The second-order valence-corrected chi connectivity index (χ2v) is 13.2. The lowest BCUT2D eigenvalue weighted by atomic mass is 10.2. The standard InChI is InChI=1S/C32H31NO2Si/c1-32(2,3)35-31(34)33(26-16-19-27-17-8-4-9-18-27)36(28-20-10-5-11-21-28,29-22-12-6-13-23-29)30-24-14-7-15-25-30/h4-15,17-18,20-25H,26H2,1-3H3. The highest BCUT2D eigenvalue weighted by Gasteiger charge is 2.49. The summed E-state index contributed by atoms with van der Waals surface area (Å²) >= 11 is 0. The summed E-state index contributed by atoms with van der Waals surface area (Å²) in [6, 6.07) is 40.8. The molecule has 0 saturated carbocycles. The Morgan fingerprint density at radius 3 is 1.47 bits per heavy atom. The van der Waals surface area contributed by atoms with E-state index in [0.717, 1.165) is 21.1 Å². The Morgan fingerprint density at radius 1 is 0.694 bits per heavy atom. The van der Waals surface area contributed by atoms with Gasteiger partial charge < -0.3 is 9.30 Å². The molecule has 4 aromatic rings. The highest BCUT2D eigenvalue weighted by molar-refractivity contribution is 7.10. The average Bonchev–Trinajstić information content (AvgIpc) is 2.90. The van der Waals surface area contributed by atoms with Crippen LogP contribution in [0.1, 0.15) is 26.3 Å². The van der Waals surface area contributed by atoms with Gasteiger partial charge in [0, 0.05) is 5.56 Å². The van der Waals surface area contributed by atoms with Crippen molar-refractivity contribution in [1.29, 1.82) is 0 Å². The van der Waals surface area contributed by atoms with Crippen molar-refractivity contribution in [2.45, 2.75) is 26.4 Å². The first-order chi connectivity index (χ1) is 17.4. The molecule has 0 aliphatic heterocycles. The molecule has 0 heterocycles. The van der Waals surface area contributed by atoms with E-state index in [9.17, 15) is 4.79 Å². The molecule has 0 spiro atoms. The van der Waals surface area contributed by atoms with E-state index in [1.165, 1.54) is 0 Å². The molecule has 0 aliphatic rings. The van der Waals surface area contributed by atoms with Crippen molar-refractivity contribution in [3.05, 3.63) is 127 Å². The zero-order chi connectivity index (χ0) is 25.4. The molecule has 36 heavy (non-hydrogen) atoms. The zero-order valence-electron chi connectivity index (χ0n) is 21.0. The third-order valence-electron chi connectivity index (χ3n) is 5.84. The van der Waals surface area contributed by atoms with Crippen molar-refractivity contribution in [3.8, 4) is 11.8 Å². The maximum absolute atomic E-state index is 14.0. The number of benzene rings is 4. The highest BCUT2D eigenvalue weighted by atomic mass is 28.3. The van der Waals surface area contributed by atoms with E-state index >= 15 is 0 Å². The van der Waals surface area contributed by atoms with Gasteiger partial charge in [0.2, 0.25) is 0 Å². The van der Waals surface area contributed by atoms with Gasteiger partial charge in [0.05, 0.1) is 6.54 Å². The van der Waals surface area contributed by atoms with Gasteiger partial charge >= 0.3 is 6.09 Å². The van der Waals surface area contributed by atoms with Gasteiger partial charge in [-0.1, -0.05) is 121 Å². The summed E-state index contributed by atoms with van der Waals surface area (Å²) in [6.07, 6.45) is -0.368. The lowest BCUT2D eigenvalue weighted by Gasteiger charge is -2.42. The fourth-order valence-electron chi connectivity index (χ4n) is 4.38. The van der Waals surface area contributed by atoms with E-state index in [4.69, 9.17) is 4.74 Å². The van der Waals surface area contributed by atoms with E-state index in [-0.39, 0.29) is 12.6 Å². The van der Waals surface area contributed by atoms with Crippen LogP contribution in [0.2, 0.25) is 0 Å². The molecule has 4 heteroatoms. The van der Waals surface area contributed by atoms with Gasteiger partial charge in [-0.3, -0.25) is 0 Å². The molecule has 0 unspecified atom stereocenters. The molecule has 4 aromatic carbocycles. The summed E-state index contributed by atoms with van der Waals surface area (Å²) in [4.78, 5) is 14.0. The number of hydrogen-bond acceptors (Lipinski definition) is 2. The van der Waals surface area contributed by atoms with Crippen molar-refractivity contribution in [3.63, 3.8) is 0 Å². The SMILES string of the molecule is CC(C)(C)OC(=O)N(CC#Cc1ccccc1)[Si](c1ccccc1)(c1ccccc1)c1ccccc1. The van der Waals surface area contributed by atoms with Gasteiger partial charge in [-0.15, -0.1) is 0 Å². The number of carbonyl (C=O) groups excluding carboxylic acids is 1. The van der Waals surface area contributed by atoms with Crippen molar-refractivity contribution in [2.75, 3.05) is 6.54 Å². The van der Waals surface area contributed by atoms with E-state index < -0.39 is 13.8 Å². The molecule has 0 saturated heterocycles. The largest absolute Gasteiger partial charge is 0.444 e. The molecule has 0 aliphatic carbocycles. The topological polar surface area (TPSA) is 29.5 Å². The number of carbonyl (C=O) groups is 1. The van der Waals surface area contributed by atoms with E-state index in [1.807, 2.05) is 110 Å². The first kappa shape index (κ1) is 25.0. The lowest BCUT2D eigenvalue weighted by Crippen LogP contribution is -2.78. The minimum atomic E-state index is -3.10. The fraction of sp³-hybridized carbons (Fsp3) is 0.156. The van der Waals surface area contributed by atoms with Crippen LogP contribution in [-0.4, -0.2) is 31.0 Å². The van der Waals surface area contributed by atoms with Crippen LogP contribution in [0, 0.1) is 11.8 Å². The molecule has 4 rings (SSSR count). The van der Waals surface area contributed by atoms with Crippen LogP contribution < -0.4 is 15.6 Å². The van der Waals surface area contributed by atoms with Crippen LogP contribution in [0.4, 0.5) is 4.79 Å². The van der Waals surface area contributed by atoms with Gasteiger partial charge in [-0.2, -0.15) is 0 Å². The lowest BCUT2D eigenvalue weighted by molar-refractivity contribution is 0.0396. The Morgan fingerprint density at radius 2 is 1.08 bits per heavy atom. The molecule has 3 nitrogen and oxygen atoms in total. The third kappa shape index (κ3) is 5.59. The van der Waals surface area contributed by atoms with Crippen LogP contribution in [0.15, 0.2) is 121 Å². The minimum absolute atomic E-state index is 0.231. The third-order valence-corrected chi connectivity index (χ3v) is 10.5. The Bertz CT molecular complexity index is 1230. The Balaban J connectivity index is 1.98. The second kappa shape index (κ2) is 11.1. The summed E-state index contributed by atoms with van der Waals surface area (Å²) in [5.41, 5.74) is 0.264. The van der Waals surface area contributed by atoms with Gasteiger partial charge in [0.25, 0.3) is 8.24 Å². The van der Waals surface area contributed by atoms with E-state index in [1.54, 1.807) is 0 Å². The molecule has 180 valence electrons. The molecular formula is C32H31NO2Si. The molecular weight excluding hydrogens is 458 g/mol. The van der Waals surface area contributed by atoms with Crippen molar-refractivity contribution in [2.24, 2.45) is 0 Å². The fourth-order valence-corrected chi connectivity index (χ4v) is 8.98. The Hall–Kier alpha value is -4.07. The number of ether oxygens (including phenoxy) is 1. The van der Waals surface area contributed by atoms with Gasteiger partial charge in [0.15, 0.2) is 0 Å². The summed E-state index contributed by atoms with van der Waals surface area (Å²) in [5.74, 6) is 6.53. The summed E-state index contributed by atoms with van der Waals surface area (Å²) in [7, 11) is -3.10. The zero-order valence-corrected chi connectivity index (χ0v) is 22.0. The molecule has 0 atom stereocenters. The van der Waals surface area contributed by atoms with Gasteiger partial charge in [0.1, 0.15) is 5.60 Å². The molecule has 0 radical (unpaired) electrons. The highest BCUT2D eigenvalue weighted by Crippen LogP contribution is 2.18.